The summed E-state index contributed by atoms with van der Waals surface area (Å²) in [5.41, 5.74) is 16.0. The number of nitrogens with zero attached hydrogens (tertiary/aromatic N) is 7. The van der Waals surface area contributed by atoms with Crippen LogP contribution in [0.2, 0.25) is 0 Å². The van der Waals surface area contributed by atoms with Gasteiger partial charge in [0.25, 0.3) is 0 Å². The molecule has 0 fully saturated rings. The zero-order chi connectivity index (χ0) is 19.0. The highest BCUT2D eigenvalue weighted by atomic mass is 15.3. The van der Waals surface area contributed by atoms with Crippen LogP contribution in [0.15, 0.2) is 6.20 Å². The standard InChI is InChI=1S/C18H27N9/c1-12-14-11-26(9-6-15(14)24-27(12)8-5-3-4-7-19)17-13-10-21-25(2)16(13)22-18(20)23-17/h10H,3-9,11,19H2,1-2H3,(H2,20,22,23). The van der Waals surface area contributed by atoms with E-state index in [9.17, 15) is 0 Å². The molecule has 0 radical (unpaired) electrons. The third-order valence-electron chi connectivity index (χ3n) is 5.34. The Hall–Kier alpha value is -2.68. The molecule has 4 heterocycles. The number of aromatic nitrogens is 6. The fraction of sp³-hybridized carbons (Fsp3) is 0.556. The van der Waals surface area contributed by atoms with Crippen LogP contribution >= 0.6 is 0 Å². The summed E-state index contributed by atoms with van der Waals surface area (Å²) in [6.07, 6.45) is 6.04. The van der Waals surface area contributed by atoms with Crippen molar-refractivity contribution in [2.45, 2.75) is 45.7 Å². The summed E-state index contributed by atoms with van der Waals surface area (Å²) < 4.78 is 3.88. The fourth-order valence-electron chi connectivity index (χ4n) is 3.81. The molecule has 0 atom stereocenters. The number of fused-ring (bicyclic) bond motifs is 2. The predicted molar refractivity (Wildman–Crippen MR) is 105 cm³/mol. The minimum Gasteiger partial charge on any atom is -0.368 e. The Kier molecular flexibility index (Phi) is 4.69. The van der Waals surface area contributed by atoms with Gasteiger partial charge in [-0.2, -0.15) is 20.2 Å². The van der Waals surface area contributed by atoms with Gasteiger partial charge in [-0.1, -0.05) is 6.42 Å². The highest BCUT2D eigenvalue weighted by molar-refractivity contribution is 5.88. The van der Waals surface area contributed by atoms with Gasteiger partial charge >= 0.3 is 0 Å². The van der Waals surface area contributed by atoms with Gasteiger partial charge in [0.1, 0.15) is 5.82 Å². The molecule has 9 nitrogen and oxygen atoms in total. The smallest absolute Gasteiger partial charge is 0.224 e. The van der Waals surface area contributed by atoms with Crippen LogP contribution in [0.1, 0.15) is 36.2 Å². The van der Waals surface area contributed by atoms with Crippen molar-refractivity contribution in [2.75, 3.05) is 23.7 Å². The van der Waals surface area contributed by atoms with Gasteiger partial charge in [-0.05, 0) is 26.3 Å². The highest BCUT2D eigenvalue weighted by Gasteiger charge is 2.25. The molecule has 0 bridgehead atoms. The molecule has 9 heteroatoms. The number of rotatable bonds is 6. The third-order valence-corrected chi connectivity index (χ3v) is 5.34. The molecule has 3 aromatic heterocycles. The first-order valence-electron chi connectivity index (χ1n) is 9.54. The summed E-state index contributed by atoms with van der Waals surface area (Å²) in [5.74, 6) is 1.13. The SMILES string of the molecule is Cc1c2c(nn1CCCCCN)CCN(c1nc(N)nc3c1cnn3C)C2. The number of unbranched alkanes of at least 4 members (excludes halogenated alkanes) is 2. The zero-order valence-electron chi connectivity index (χ0n) is 16.0. The Morgan fingerprint density at radius 3 is 2.85 bits per heavy atom. The van der Waals surface area contributed by atoms with Crippen LogP contribution in [-0.4, -0.2) is 42.6 Å². The van der Waals surface area contributed by atoms with Crippen molar-refractivity contribution in [2.24, 2.45) is 12.8 Å². The summed E-state index contributed by atoms with van der Waals surface area (Å²) in [5, 5.41) is 10.1. The van der Waals surface area contributed by atoms with E-state index in [1.807, 2.05) is 13.2 Å². The van der Waals surface area contributed by atoms with Gasteiger partial charge in [-0.25, -0.2) is 0 Å². The summed E-state index contributed by atoms with van der Waals surface area (Å²) in [6, 6.07) is 0. The Morgan fingerprint density at radius 2 is 2.04 bits per heavy atom. The van der Waals surface area contributed by atoms with E-state index in [2.05, 4.69) is 31.6 Å². The molecular formula is C18H27N9. The third kappa shape index (κ3) is 3.23. The van der Waals surface area contributed by atoms with E-state index < -0.39 is 0 Å². The monoisotopic (exact) mass is 369 g/mol. The van der Waals surface area contributed by atoms with Crippen LogP contribution in [-0.2, 0) is 26.6 Å². The maximum Gasteiger partial charge on any atom is 0.224 e. The molecule has 0 saturated heterocycles. The second-order valence-corrected chi connectivity index (χ2v) is 7.17. The summed E-state index contributed by atoms with van der Waals surface area (Å²) in [4.78, 5) is 11.1. The maximum absolute atomic E-state index is 5.95. The Bertz CT molecular complexity index is 956. The molecule has 1 aliphatic heterocycles. The topological polar surface area (TPSA) is 117 Å². The number of nitrogens with two attached hydrogens (primary N) is 2. The van der Waals surface area contributed by atoms with E-state index in [4.69, 9.17) is 16.6 Å². The Balaban J connectivity index is 1.59. The summed E-state index contributed by atoms with van der Waals surface area (Å²) in [6.45, 7) is 5.51. The van der Waals surface area contributed by atoms with Gasteiger partial charge in [0.15, 0.2) is 5.65 Å². The fourth-order valence-corrected chi connectivity index (χ4v) is 3.81. The van der Waals surface area contributed by atoms with E-state index in [1.165, 1.54) is 17.0 Å². The van der Waals surface area contributed by atoms with E-state index in [1.54, 1.807) is 4.68 Å². The number of hydrogen-bond donors (Lipinski definition) is 2. The van der Waals surface area contributed by atoms with Crippen molar-refractivity contribution in [1.82, 2.24) is 29.5 Å². The van der Waals surface area contributed by atoms with E-state index in [-0.39, 0.29) is 5.95 Å². The lowest BCUT2D eigenvalue weighted by Gasteiger charge is -2.28. The molecule has 0 unspecified atom stereocenters. The number of hydrogen-bond acceptors (Lipinski definition) is 7. The zero-order valence-corrected chi connectivity index (χ0v) is 16.0. The molecule has 0 saturated carbocycles. The molecule has 1 aliphatic rings. The average molecular weight is 369 g/mol. The first-order chi connectivity index (χ1) is 13.1. The maximum atomic E-state index is 5.95. The van der Waals surface area contributed by atoms with E-state index in [0.29, 0.717) is 0 Å². The van der Waals surface area contributed by atoms with Gasteiger partial charge in [0, 0.05) is 44.4 Å². The van der Waals surface area contributed by atoms with Gasteiger partial charge in [-0.3, -0.25) is 9.36 Å². The molecule has 27 heavy (non-hydrogen) atoms. The molecule has 4 N–H and O–H groups in total. The molecule has 3 aromatic rings. The van der Waals surface area contributed by atoms with Gasteiger partial charge < -0.3 is 16.4 Å². The normalized spacial score (nSPS) is 14.1. The van der Waals surface area contributed by atoms with E-state index in [0.717, 1.165) is 68.7 Å². The molecule has 0 spiro atoms. The summed E-state index contributed by atoms with van der Waals surface area (Å²) >= 11 is 0. The number of anilines is 2. The second-order valence-electron chi connectivity index (χ2n) is 7.17. The molecule has 0 aromatic carbocycles. The van der Waals surface area contributed by atoms with Crippen LogP contribution in [0.3, 0.4) is 0 Å². The van der Waals surface area contributed by atoms with Crippen molar-refractivity contribution >= 4 is 22.8 Å². The predicted octanol–water partition coefficient (Wildman–Crippen LogP) is 1.14. The lowest BCUT2D eigenvalue weighted by molar-refractivity contribution is 0.532. The second kappa shape index (κ2) is 7.15. The molecule has 0 amide bonds. The molecule has 0 aliphatic carbocycles. The van der Waals surface area contributed by atoms with E-state index >= 15 is 0 Å². The lowest BCUT2D eigenvalue weighted by Crippen LogP contribution is -2.31. The van der Waals surface area contributed by atoms with Crippen molar-refractivity contribution in [1.29, 1.82) is 0 Å². The van der Waals surface area contributed by atoms with Crippen LogP contribution in [0, 0.1) is 6.92 Å². The Morgan fingerprint density at radius 1 is 1.19 bits per heavy atom. The van der Waals surface area contributed by atoms with Gasteiger partial charge in [0.05, 0.1) is 17.3 Å². The quantitative estimate of drug-likeness (QED) is 0.626. The molecule has 4 rings (SSSR count). The van der Waals surface area contributed by atoms with Crippen molar-refractivity contribution in [3.63, 3.8) is 0 Å². The highest BCUT2D eigenvalue weighted by Crippen LogP contribution is 2.30. The minimum absolute atomic E-state index is 0.277. The largest absolute Gasteiger partial charge is 0.368 e. The van der Waals surface area contributed by atoms with Gasteiger partial charge in [-0.15, -0.1) is 0 Å². The van der Waals surface area contributed by atoms with Crippen molar-refractivity contribution in [3.05, 3.63) is 23.1 Å². The number of nitrogen functional groups attached to an aromatic ring is 1. The van der Waals surface area contributed by atoms with Crippen molar-refractivity contribution in [3.8, 4) is 0 Å². The van der Waals surface area contributed by atoms with Crippen LogP contribution in [0.4, 0.5) is 11.8 Å². The van der Waals surface area contributed by atoms with Crippen molar-refractivity contribution < 1.29 is 0 Å². The first-order valence-corrected chi connectivity index (χ1v) is 9.54. The summed E-state index contributed by atoms with van der Waals surface area (Å²) in [7, 11) is 1.87. The average Bonchev–Trinajstić information content (AvgIpc) is 3.18. The van der Waals surface area contributed by atoms with Gasteiger partial charge in [0.2, 0.25) is 5.95 Å². The molecule has 144 valence electrons. The first kappa shape index (κ1) is 17.7. The Labute approximate surface area is 158 Å². The minimum atomic E-state index is 0.277. The lowest BCUT2D eigenvalue weighted by atomic mass is 10.1. The van der Waals surface area contributed by atoms with Crippen LogP contribution in [0.25, 0.3) is 11.0 Å². The molecular weight excluding hydrogens is 342 g/mol. The van der Waals surface area contributed by atoms with Crippen LogP contribution < -0.4 is 16.4 Å². The number of aryl methyl sites for hydroxylation is 2. The van der Waals surface area contributed by atoms with Crippen LogP contribution in [0.5, 0.6) is 0 Å².